The number of imidazole rings is 1. The van der Waals surface area contributed by atoms with Crippen LogP contribution in [0.4, 0.5) is 0 Å². The van der Waals surface area contributed by atoms with Crippen LogP contribution in [0.25, 0.3) is 0 Å². The van der Waals surface area contributed by atoms with Crippen LogP contribution in [0.3, 0.4) is 0 Å². The lowest BCUT2D eigenvalue weighted by atomic mass is 10.2. The Morgan fingerprint density at radius 2 is 2.05 bits per heavy atom. The Morgan fingerprint density at radius 1 is 1.33 bits per heavy atom. The second kappa shape index (κ2) is 6.79. The van der Waals surface area contributed by atoms with E-state index in [-0.39, 0.29) is 5.78 Å². The summed E-state index contributed by atoms with van der Waals surface area (Å²) in [6, 6.07) is 3.91. The average Bonchev–Trinajstić information content (AvgIpc) is 2.95. The number of carbonyl (C=O) groups excluding carboxylic acids is 1. The highest BCUT2D eigenvalue weighted by atomic mass is 32.2. The first-order valence-corrected chi connectivity index (χ1v) is 8.95. The zero-order valence-electron chi connectivity index (χ0n) is 13.3. The first-order chi connectivity index (χ1) is 9.88. The Labute approximate surface area is 134 Å². The largest absolute Gasteiger partial charge is 0.323 e. The number of nitrogens with zero attached hydrogens (tertiary/aromatic N) is 2. The van der Waals surface area contributed by atoms with E-state index in [1.165, 1.54) is 10.6 Å². The summed E-state index contributed by atoms with van der Waals surface area (Å²) in [7, 11) is 0. The highest BCUT2D eigenvalue weighted by Crippen LogP contribution is 2.24. The van der Waals surface area contributed by atoms with Gasteiger partial charge in [0.05, 0.1) is 16.3 Å². The Balaban J connectivity index is 2.09. The van der Waals surface area contributed by atoms with E-state index in [0.29, 0.717) is 11.7 Å². The molecule has 2 rings (SSSR count). The quantitative estimate of drug-likeness (QED) is 0.580. The van der Waals surface area contributed by atoms with Gasteiger partial charge >= 0.3 is 0 Å². The van der Waals surface area contributed by atoms with Crippen molar-refractivity contribution in [2.24, 2.45) is 5.92 Å². The molecule has 0 unspecified atom stereocenters. The van der Waals surface area contributed by atoms with E-state index in [0.717, 1.165) is 22.3 Å². The lowest BCUT2D eigenvalue weighted by Gasteiger charge is -2.11. The number of aryl methyl sites for hydroxylation is 2. The van der Waals surface area contributed by atoms with Gasteiger partial charge in [-0.3, -0.25) is 4.79 Å². The number of ketones is 1. The molecule has 0 aliphatic rings. The third-order valence-electron chi connectivity index (χ3n) is 3.32. The third-order valence-corrected chi connectivity index (χ3v) is 5.34. The number of rotatable bonds is 6. The van der Waals surface area contributed by atoms with Gasteiger partial charge in [0.25, 0.3) is 0 Å². The average molecular weight is 322 g/mol. The second-order valence-corrected chi connectivity index (χ2v) is 7.92. The van der Waals surface area contributed by atoms with Gasteiger partial charge in [0.1, 0.15) is 0 Å². The van der Waals surface area contributed by atoms with Crippen molar-refractivity contribution in [2.45, 2.75) is 46.3 Å². The number of carbonyl (C=O) groups is 1. The fraction of sp³-hybridized carbons (Fsp3) is 0.500. The first-order valence-electron chi connectivity index (χ1n) is 7.14. The monoisotopic (exact) mass is 322 g/mol. The van der Waals surface area contributed by atoms with Gasteiger partial charge in [-0.25, -0.2) is 4.98 Å². The van der Waals surface area contributed by atoms with E-state index in [9.17, 15) is 4.79 Å². The van der Waals surface area contributed by atoms with E-state index in [4.69, 9.17) is 0 Å². The Kier molecular flexibility index (Phi) is 5.27. The molecular weight excluding hydrogens is 300 g/mol. The highest BCUT2D eigenvalue weighted by molar-refractivity contribution is 7.99. The standard InChI is InChI=1S/C16H22N2OS2/c1-10(2)8-18-13(5)12(4)17-16(18)20-9-14(19)15-7-6-11(3)21-15/h6-7,10H,8-9H2,1-5H3. The maximum atomic E-state index is 12.2. The summed E-state index contributed by atoms with van der Waals surface area (Å²) in [6.07, 6.45) is 0. The van der Waals surface area contributed by atoms with Crippen molar-refractivity contribution in [1.29, 1.82) is 0 Å². The minimum Gasteiger partial charge on any atom is -0.323 e. The summed E-state index contributed by atoms with van der Waals surface area (Å²) in [6.45, 7) is 11.5. The first kappa shape index (κ1) is 16.3. The summed E-state index contributed by atoms with van der Waals surface area (Å²) in [5, 5.41) is 0.959. The molecule has 5 heteroatoms. The minimum atomic E-state index is 0.188. The molecule has 0 aromatic carbocycles. The van der Waals surface area contributed by atoms with Crippen LogP contribution < -0.4 is 0 Å². The van der Waals surface area contributed by atoms with Crippen LogP contribution in [0.5, 0.6) is 0 Å². The Morgan fingerprint density at radius 3 is 2.62 bits per heavy atom. The van der Waals surface area contributed by atoms with Crippen molar-refractivity contribution in [3.05, 3.63) is 33.3 Å². The van der Waals surface area contributed by atoms with Gasteiger partial charge in [-0.2, -0.15) is 0 Å². The maximum Gasteiger partial charge on any atom is 0.183 e. The molecule has 21 heavy (non-hydrogen) atoms. The molecule has 0 spiro atoms. The van der Waals surface area contributed by atoms with Gasteiger partial charge in [0, 0.05) is 17.1 Å². The van der Waals surface area contributed by atoms with E-state index in [1.54, 1.807) is 23.1 Å². The predicted molar refractivity (Wildman–Crippen MR) is 90.6 cm³/mol. The molecule has 0 aliphatic heterocycles. The third kappa shape index (κ3) is 3.98. The van der Waals surface area contributed by atoms with Gasteiger partial charge in [0.2, 0.25) is 0 Å². The van der Waals surface area contributed by atoms with Crippen LogP contribution in [-0.4, -0.2) is 21.1 Å². The lowest BCUT2D eigenvalue weighted by Crippen LogP contribution is -2.09. The van der Waals surface area contributed by atoms with Crippen molar-refractivity contribution in [2.75, 3.05) is 5.75 Å². The van der Waals surface area contributed by atoms with E-state index in [2.05, 4.69) is 30.3 Å². The summed E-state index contributed by atoms with van der Waals surface area (Å²) in [5.74, 6) is 1.20. The number of hydrogen-bond donors (Lipinski definition) is 0. The zero-order chi connectivity index (χ0) is 15.6. The van der Waals surface area contributed by atoms with Crippen molar-refractivity contribution in [3.8, 4) is 0 Å². The van der Waals surface area contributed by atoms with Crippen LogP contribution in [0.2, 0.25) is 0 Å². The molecule has 0 saturated carbocycles. The predicted octanol–water partition coefficient (Wildman–Crippen LogP) is 4.50. The number of thioether (sulfide) groups is 1. The van der Waals surface area contributed by atoms with Crippen molar-refractivity contribution >= 4 is 28.9 Å². The smallest absolute Gasteiger partial charge is 0.183 e. The van der Waals surface area contributed by atoms with Crippen LogP contribution in [0.1, 0.15) is 39.8 Å². The molecule has 0 atom stereocenters. The van der Waals surface area contributed by atoms with E-state index in [1.807, 2.05) is 26.0 Å². The number of Topliss-reactive ketones (excluding diaryl/α,β-unsaturated/α-hetero) is 1. The lowest BCUT2D eigenvalue weighted by molar-refractivity contribution is 0.102. The molecule has 0 bridgehead atoms. The fourth-order valence-corrected chi connectivity index (χ4v) is 3.98. The second-order valence-electron chi connectivity index (χ2n) is 5.69. The normalized spacial score (nSPS) is 11.3. The molecule has 0 aliphatic carbocycles. The molecule has 2 heterocycles. The van der Waals surface area contributed by atoms with Crippen molar-refractivity contribution in [3.63, 3.8) is 0 Å². The van der Waals surface area contributed by atoms with Crippen LogP contribution >= 0.6 is 23.1 Å². The SMILES string of the molecule is Cc1ccc(C(=O)CSc2nc(C)c(C)n2CC(C)C)s1. The number of thiophene rings is 1. The van der Waals surface area contributed by atoms with Crippen LogP contribution in [-0.2, 0) is 6.54 Å². The number of hydrogen-bond acceptors (Lipinski definition) is 4. The zero-order valence-corrected chi connectivity index (χ0v) is 14.9. The Hall–Kier alpha value is -1.07. The molecule has 3 nitrogen and oxygen atoms in total. The maximum absolute atomic E-state index is 12.2. The summed E-state index contributed by atoms with van der Waals surface area (Å²) in [4.78, 5) is 18.8. The topological polar surface area (TPSA) is 34.9 Å². The molecule has 0 fully saturated rings. The van der Waals surface area contributed by atoms with Gasteiger partial charge < -0.3 is 4.57 Å². The summed E-state index contributed by atoms with van der Waals surface area (Å²) < 4.78 is 2.23. The van der Waals surface area contributed by atoms with E-state index < -0.39 is 0 Å². The molecule has 0 saturated heterocycles. The van der Waals surface area contributed by atoms with Gasteiger partial charge in [-0.1, -0.05) is 25.6 Å². The molecule has 114 valence electrons. The molecular formula is C16H22N2OS2. The molecule has 0 amide bonds. The minimum absolute atomic E-state index is 0.188. The highest BCUT2D eigenvalue weighted by Gasteiger charge is 2.15. The van der Waals surface area contributed by atoms with Gasteiger partial charge in [-0.05, 0) is 38.8 Å². The fourth-order valence-electron chi connectivity index (χ4n) is 2.10. The van der Waals surface area contributed by atoms with Crippen molar-refractivity contribution < 1.29 is 4.79 Å². The molecule has 2 aromatic heterocycles. The number of aromatic nitrogens is 2. The molecule has 2 aromatic rings. The van der Waals surface area contributed by atoms with Gasteiger partial charge in [-0.15, -0.1) is 11.3 Å². The summed E-state index contributed by atoms with van der Waals surface area (Å²) in [5.41, 5.74) is 2.25. The Bertz CT molecular complexity index is 641. The molecule has 0 radical (unpaired) electrons. The van der Waals surface area contributed by atoms with Gasteiger partial charge in [0.15, 0.2) is 10.9 Å². The van der Waals surface area contributed by atoms with Crippen molar-refractivity contribution in [1.82, 2.24) is 9.55 Å². The summed E-state index contributed by atoms with van der Waals surface area (Å²) >= 11 is 3.11. The van der Waals surface area contributed by atoms with Crippen LogP contribution in [0.15, 0.2) is 17.3 Å². The molecule has 0 N–H and O–H groups in total. The van der Waals surface area contributed by atoms with Crippen LogP contribution in [0, 0.1) is 26.7 Å². The van der Waals surface area contributed by atoms with E-state index >= 15 is 0 Å².